The zero-order valence-corrected chi connectivity index (χ0v) is 10.6. The molecule has 0 bridgehead atoms. The van der Waals surface area contributed by atoms with Gasteiger partial charge in [-0.1, -0.05) is 6.42 Å². The molecule has 1 atom stereocenters. The van der Waals surface area contributed by atoms with Gasteiger partial charge in [-0.05, 0) is 32.4 Å². The van der Waals surface area contributed by atoms with Crippen molar-refractivity contribution in [1.29, 1.82) is 0 Å². The minimum absolute atomic E-state index is 0.204. The van der Waals surface area contributed by atoms with Gasteiger partial charge in [0.15, 0.2) is 9.84 Å². The molecular weight excluding hydrogens is 224 g/mol. The third-order valence-electron chi connectivity index (χ3n) is 3.54. The monoisotopic (exact) mass is 246 g/mol. The first kappa shape index (κ1) is 12.3. The summed E-state index contributed by atoms with van der Waals surface area (Å²) in [6.07, 6.45) is 4.79. The van der Waals surface area contributed by atoms with E-state index < -0.39 is 9.84 Å². The summed E-state index contributed by atoms with van der Waals surface area (Å²) in [6, 6.07) is 0.204. The highest BCUT2D eigenvalue weighted by molar-refractivity contribution is 7.91. The van der Waals surface area contributed by atoms with Crippen LogP contribution in [0.25, 0.3) is 0 Å². The van der Waals surface area contributed by atoms with Gasteiger partial charge in [0.2, 0.25) is 0 Å². The van der Waals surface area contributed by atoms with E-state index in [9.17, 15) is 8.42 Å². The summed E-state index contributed by atoms with van der Waals surface area (Å²) in [5.41, 5.74) is 0. The molecule has 2 aliphatic heterocycles. The van der Waals surface area contributed by atoms with Crippen molar-refractivity contribution in [1.82, 2.24) is 10.2 Å². The number of sulfone groups is 1. The Balaban J connectivity index is 1.61. The molecule has 0 aromatic carbocycles. The Hall–Kier alpha value is -0.130. The lowest BCUT2D eigenvalue weighted by molar-refractivity contribution is 0.227. The van der Waals surface area contributed by atoms with Gasteiger partial charge >= 0.3 is 0 Å². The van der Waals surface area contributed by atoms with E-state index in [0.29, 0.717) is 11.5 Å². The highest BCUT2D eigenvalue weighted by Crippen LogP contribution is 2.11. The molecule has 2 rings (SSSR count). The largest absolute Gasteiger partial charge is 0.312 e. The van der Waals surface area contributed by atoms with Gasteiger partial charge in [-0.2, -0.15) is 0 Å². The topological polar surface area (TPSA) is 49.4 Å². The fraction of sp³-hybridized carbons (Fsp3) is 1.00. The van der Waals surface area contributed by atoms with Crippen LogP contribution >= 0.6 is 0 Å². The molecule has 16 heavy (non-hydrogen) atoms. The first-order valence-electron chi connectivity index (χ1n) is 6.32. The zero-order valence-electron chi connectivity index (χ0n) is 9.82. The normalized spacial score (nSPS) is 30.6. The third-order valence-corrected chi connectivity index (χ3v) is 5.31. The Bertz CT molecular complexity index is 310. The molecule has 2 fully saturated rings. The summed E-state index contributed by atoms with van der Waals surface area (Å²) in [5.74, 6) is 0.710. The molecule has 2 aliphatic rings. The Labute approximate surface area is 98.3 Å². The van der Waals surface area contributed by atoms with Crippen molar-refractivity contribution in [2.24, 2.45) is 0 Å². The summed E-state index contributed by atoms with van der Waals surface area (Å²) in [6.45, 7) is 4.42. The quantitative estimate of drug-likeness (QED) is 0.772. The molecule has 0 amide bonds. The van der Waals surface area contributed by atoms with E-state index in [1.807, 2.05) is 0 Å². The van der Waals surface area contributed by atoms with Crippen LogP contribution in [0.3, 0.4) is 0 Å². The van der Waals surface area contributed by atoms with Crippen molar-refractivity contribution in [2.75, 3.05) is 37.7 Å². The number of likely N-dealkylation sites (tertiary alicyclic amines) is 1. The van der Waals surface area contributed by atoms with Crippen molar-refractivity contribution >= 4 is 9.84 Å². The molecule has 4 nitrogen and oxygen atoms in total. The molecule has 1 N–H and O–H groups in total. The summed E-state index contributed by atoms with van der Waals surface area (Å²) >= 11 is 0. The fourth-order valence-electron chi connectivity index (χ4n) is 2.57. The van der Waals surface area contributed by atoms with E-state index in [1.54, 1.807) is 0 Å². The number of piperidine rings is 1. The van der Waals surface area contributed by atoms with Crippen LogP contribution in [-0.4, -0.2) is 57.0 Å². The van der Waals surface area contributed by atoms with Gasteiger partial charge in [0.1, 0.15) is 0 Å². The van der Waals surface area contributed by atoms with Crippen LogP contribution in [0.1, 0.15) is 25.7 Å². The molecule has 0 spiro atoms. The average Bonchev–Trinajstić information content (AvgIpc) is 2.60. The Morgan fingerprint density at radius 1 is 1.19 bits per heavy atom. The van der Waals surface area contributed by atoms with E-state index in [-0.39, 0.29) is 6.04 Å². The van der Waals surface area contributed by atoms with Crippen LogP contribution in [0, 0.1) is 0 Å². The smallest absolute Gasteiger partial charge is 0.151 e. The molecule has 0 aromatic rings. The predicted octanol–water partition coefficient (Wildman–Crippen LogP) is 0.249. The average molecular weight is 246 g/mol. The SMILES string of the molecule is O=S1(=O)CCC(NCCN2CCCCC2)C1. The predicted molar refractivity (Wildman–Crippen MR) is 65.4 cm³/mol. The molecule has 0 aromatic heterocycles. The standard InChI is InChI=1S/C11H22N2O2S/c14-16(15)9-4-11(10-16)12-5-8-13-6-2-1-3-7-13/h11-12H,1-10H2. The number of nitrogens with zero attached hydrogens (tertiary/aromatic N) is 1. The van der Waals surface area contributed by atoms with Gasteiger partial charge in [0.25, 0.3) is 0 Å². The van der Waals surface area contributed by atoms with E-state index in [2.05, 4.69) is 10.2 Å². The van der Waals surface area contributed by atoms with Crippen LogP contribution in [-0.2, 0) is 9.84 Å². The Morgan fingerprint density at radius 2 is 1.94 bits per heavy atom. The highest BCUT2D eigenvalue weighted by Gasteiger charge is 2.27. The van der Waals surface area contributed by atoms with Gasteiger partial charge in [-0.25, -0.2) is 8.42 Å². The van der Waals surface area contributed by atoms with Gasteiger partial charge in [0.05, 0.1) is 11.5 Å². The first-order chi connectivity index (χ1) is 7.66. The van der Waals surface area contributed by atoms with Crippen LogP contribution < -0.4 is 5.32 Å². The van der Waals surface area contributed by atoms with Crippen molar-refractivity contribution in [3.05, 3.63) is 0 Å². The number of hydrogen-bond acceptors (Lipinski definition) is 4. The van der Waals surface area contributed by atoms with Gasteiger partial charge in [-0.3, -0.25) is 0 Å². The molecular formula is C11H22N2O2S. The molecule has 5 heteroatoms. The van der Waals surface area contributed by atoms with Crippen LogP contribution in [0.2, 0.25) is 0 Å². The Kier molecular flexibility index (Phi) is 4.21. The number of hydrogen-bond donors (Lipinski definition) is 1. The number of nitrogens with one attached hydrogen (secondary N) is 1. The summed E-state index contributed by atoms with van der Waals surface area (Å²) in [4.78, 5) is 2.47. The van der Waals surface area contributed by atoms with E-state index in [1.165, 1.54) is 32.4 Å². The molecule has 1 unspecified atom stereocenters. The maximum Gasteiger partial charge on any atom is 0.151 e. The lowest BCUT2D eigenvalue weighted by Gasteiger charge is -2.26. The first-order valence-corrected chi connectivity index (χ1v) is 8.14. The van der Waals surface area contributed by atoms with Crippen molar-refractivity contribution in [3.8, 4) is 0 Å². The summed E-state index contributed by atoms with van der Waals surface area (Å²) in [5, 5.41) is 3.36. The second-order valence-electron chi connectivity index (χ2n) is 4.96. The second kappa shape index (κ2) is 5.47. The summed E-state index contributed by atoms with van der Waals surface area (Å²) in [7, 11) is -2.73. The number of rotatable bonds is 4. The minimum atomic E-state index is -2.73. The molecule has 0 saturated carbocycles. The van der Waals surface area contributed by atoms with Crippen molar-refractivity contribution in [3.63, 3.8) is 0 Å². The molecule has 0 radical (unpaired) electrons. The third kappa shape index (κ3) is 3.71. The Morgan fingerprint density at radius 3 is 2.56 bits per heavy atom. The van der Waals surface area contributed by atoms with Gasteiger partial charge in [-0.15, -0.1) is 0 Å². The zero-order chi connectivity index (χ0) is 11.4. The molecule has 94 valence electrons. The maximum atomic E-state index is 11.3. The van der Waals surface area contributed by atoms with Crippen molar-refractivity contribution in [2.45, 2.75) is 31.7 Å². The molecule has 2 saturated heterocycles. The van der Waals surface area contributed by atoms with Crippen LogP contribution in [0.15, 0.2) is 0 Å². The van der Waals surface area contributed by atoms with Crippen LogP contribution in [0.4, 0.5) is 0 Å². The van der Waals surface area contributed by atoms with Gasteiger partial charge < -0.3 is 10.2 Å². The maximum absolute atomic E-state index is 11.3. The molecule has 2 heterocycles. The van der Waals surface area contributed by atoms with E-state index in [0.717, 1.165) is 19.5 Å². The van der Waals surface area contributed by atoms with Gasteiger partial charge in [0, 0.05) is 19.1 Å². The highest BCUT2D eigenvalue weighted by atomic mass is 32.2. The lowest BCUT2D eigenvalue weighted by atomic mass is 10.1. The fourth-order valence-corrected chi connectivity index (χ4v) is 4.27. The lowest BCUT2D eigenvalue weighted by Crippen LogP contribution is -2.39. The van der Waals surface area contributed by atoms with E-state index in [4.69, 9.17) is 0 Å². The van der Waals surface area contributed by atoms with Crippen LogP contribution in [0.5, 0.6) is 0 Å². The van der Waals surface area contributed by atoms with E-state index >= 15 is 0 Å². The second-order valence-corrected chi connectivity index (χ2v) is 7.19. The van der Waals surface area contributed by atoms with Crippen molar-refractivity contribution < 1.29 is 8.42 Å². The summed E-state index contributed by atoms with van der Waals surface area (Å²) < 4.78 is 22.5. The molecule has 0 aliphatic carbocycles. The minimum Gasteiger partial charge on any atom is -0.312 e.